The number of fused-ring (bicyclic) bond motifs is 4. The average molecular weight is 331 g/mol. The van der Waals surface area contributed by atoms with Crippen LogP contribution < -0.4 is 0 Å². The summed E-state index contributed by atoms with van der Waals surface area (Å²) in [6.45, 7) is 7.59. The minimum absolute atomic E-state index is 0.420. The average Bonchev–Trinajstić information content (AvgIpc) is 3.20. The van der Waals surface area contributed by atoms with Crippen molar-refractivity contribution in [1.82, 2.24) is 0 Å². The van der Waals surface area contributed by atoms with Gasteiger partial charge >= 0.3 is 0 Å². The molecule has 0 spiro atoms. The fraction of sp³-hybridized carbons (Fsp3) is 0.520. The largest absolute Gasteiger partial charge is 0.0808 e. The molecular formula is C25H30. The van der Waals surface area contributed by atoms with Crippen molar-refractivity contribution in [3.63, 3.8) is 0 Å². The van der Waals surface area contributed by atoms with E-state index in [0.717, 1.165) is 35.5 Å². The monoisotopic (exact) mass is 330 g/mol. The number of benzene rings is 1. The molecule has 0 radical (unpaired) electrons. The maximum atomic E-state index is 2.58. The van der Waals surface area contributed by atoms with Crippen molar-refractivity contribution in [2.24, 2.45) is 40.9 Å². The first-order valence-electron chi connectivity index (χ1n) is 10.2. The van der Waals surface area contributed by atoms with Crippen molar-refractivity contribution < 1.29 is 0 Å². The number of allylic oxidation sites excluding steroid dienone is 5. The number of hydrogen-bond acceptors (Lipinski definition) is 0. The number of hydrogen-bond donors (Lipinski definition) is 0. The van der Waals surface area contributed by atoms with Crippen LogP contribution in [0.25, 0.3) is 6.08 Å². The SMILES string of the molecule is CC1CC2C3C=CC=CC3CC2(C2C=Cc3ccccc32)C(C)C1C. The standard InChI is InChI=1S/C25H30/c1-16-14-24-22-11-7-5-9-20(22)15-25(24,18(3)17(16)2)23-13-12-19-8-4-6-10-21(19)23/h4-13,16-18,20,22-24H,14-15H2,1-3H3. The lowest BCUT2D eigenvalue weighted by molar-refractivity contribution is -0.0299. The molecule has 25 heavy (non-hydrogen) atoms. The molecule has 0 aromatic heterocycles. The van der Waals surface area contributed by atoms with Crippen LogP contribution in [0.15, 0.2) is 54.6 Å². The molecule has 2 saturated carbocycles. The summed E-state index contributed by atoms with van der Waals surface area (Å²) in [5, 5.41) is 0. The fourth-order valence-corrected chi connectivity index (χ4v) is 7.08. The molecule has 1 aromatic rings. The second-order valence-electron chi connectivity index (χ2n) is 9.26. The Kier molecular flexibility index (Phi) is 3.43. The molecule has 0 nitrogen and oxygen atoms in total. The van der Waals surface area contributed by atoms with Crippen LogP contribution in [-0.4, -0.2) is 0 Å². The lowest BCUT2D eigenvalue weighted by Gasteiger charge is -2.54. The van der Waals surface area contributed by atoms with E-state index < -0.39 is 0 Å². The van der Waals surface area contributed by atoms with Gasteiger partial charge < -0.3 is 0 Å². The van der Waals surface area contributed by atoms with Crippen molar-refractivity contribution in [2.75, 3.05) is 0 Å². The van der Waals surface area contributed by atoms with Crippen molar-refractivity contribution in [3.05, 3.63) is 65.8 Å². The fourth-order valence-electron chi connectivity index (χ4n) is 7.08. The van der Waals surface area contributed by atoms with Gasteiger partial charge in [0.15, 0.2) is 0 Å². The van der Waals surface area contributed by atoms with E-state index in [2.05, 4.69) is 81.5 Å². The van der Waals surface area contributed by atoms with Crippen LogP contribution in [0.4, 0.5) is 0 Å². The van der Waals surface area contributed by atoms with E-state index in [0.29, 0.717) is 11.3 Å². The van der Waals surface area contributed by atoms with Crippen LogP contribution in [-0.2, 0) is 0 Å². The Labute approximate surface area is 152 Å². The first-order valence-corrected chi connectivity index (χ1v) is 10.2. The molecular weight excluding hydrogens is 300 g/mol. The maximum Gasteiger partial charge on any atom is 0.00894 e. The van der Waals surface area contributed by atoms with Crippen LogP contribution in [0, 0.1) is 40.9 Å². The van der Waals surface area contributed by atoms with E-state index in [9.17, 15) is 0 Å². The Morgan fingerprint density at radius 2 is 1.76 bits per heavy atom. The predicted molar refractivity (Wildman–Crippen MR) is 106 cm³/mol. The van der Waals surface area contributed by atoms with Crippen LogP contribution >= 0.6 is 0 Å². The van der Waals surface area contributed by atoms with Crippen LogP contribution in [0.1, 0.15) is 50.7 Å². The molecule has 5 rings (SSSR count). The van der Waals surface area contributed by atoms with E-state index >= 15 is 0 Å². The third kappa shape index (κ3) is 2.00. The Morgan fingerprint density at radius 1 is 0.960 bits per heavy atom. The summed E-state index contributed by atoms with van der Waals surface area (Å²) in [7, 11) is 0. The van der Waals surface area contributed by atoms with Gasteiger partial charge in [-0.25, -0.2) is 0 Å². The second kappa shape index (κ2) is 5.47. The maximum absolute atomic E-state index is 2.58. The summed E-state index contributed by atoms with van der Waals surface area (Å²) < 4.78 is 0. The molecule has 1 aromatic carbocycles. The van der Waals surface area contributed by atoms with E-state index in [4.69, 9.17) is 0 Å². The van der Waals surface area contributed by atoms with Gasteiger partial charge in [-0.2, -0.15) is 0 Å². The zero-order valence-corrected chi connectivity index (χ0v) is 15.7. The Morgan fingerprint density at radius 3 is 2.64 bits per heavy atom. The van der Waals surface area contributed by atoms with E-state index in [-0.39, 0.29) is 0 Å². The molecule has 8 unspecified atom stereocenters. The van der Waals surface area contributed by atoms with Gasteiger partial charge in [-0.3, -0.25) is 0 Å². The zero-order chi connectivity index (χ0) is 17.2. The van der Waals surface area contributed by atoms with Crippen LogP contribution in [0.3, 0.4) is 0 Å². The molecule has 4 aliphatic carbocycles. The van der Waals surface area contributed by atoms with Gasteiger partial charge in [0.1, 0.15) is 0 Å². The lowest BCUT2D eigenvalue weighted by atomic mass is 9.50. The summed E-state index contributed by atoms with van der Waals surface area (Å²) in [6, 6.07) is 9.13. The highest BCUT2D eigenvalue weighted by molar-refractivity contribution is 5.63. The molecule has 0 saturated heterocycles. The summed E-state index contributed by atoms with van der Waals surface area (Å²) in [6.07, 6.45) is 17.4. The van der Waals surface area contributed by atoms with Gasteiger partial charge in [0.2, 0.25) is 0 Å². The second-order valence-corrected chi connectivity index (χ2v) is 9.26. The summed E-state index contributed by atoms with van der Waals surface area (Å²) in [5.41, 5.74) is 3.47. The molecule has 2 fully saturated rings. The molecule has 0 heterocycles. The van der Waals surface area contributed by atoms with E-state index in [1.807, 2.05) is 0 Å². The summed E-state index contributed by atoms with van der Waals surface area (Å²) >= 11 is 0. The highest BCUT2D eigenvalue weighted by atomic mass is 14.7. The Balaban J connectivity index is 1.66. The molecule has 0 aliphatic heterocycles. The van der Waals surface area contributed by atoms with Crippen molar-refractivity contribution in [1.29, 1.82) is 0 Å². The van der Waals surface area contributed by atoms with Gasteiger partial charge in [0.25, 0.3) is 0 Å². The molecule has 0 N–H and O–H groups in total. The van der Waals surface area contributed by atoms with Gasteiger partial charge in [-0.1, -0.05) is 81.5 Å². The molecule has 4 aliphatic rings. The minimum atomic E-state index is 0.420. The predicted octanol–water partition coefficient (Wildman–Crippen LogP) is 6.47. The topological polar surface area (TPSA) is 0 Å². The minimum Gasteiger partial charge on any atom is -0.0808 e. The van der Waals surface area contributed by atoms with Crippen LogP contribution in [0.5, 0.6) is 0 Å². The van der Waals surface area contributed by atoms with Crippen molar-refractivity contribution in [3.8, 4) is 0 Å². The Bertz CT molecular complexity index is 766. The third-order valence-electron chi connectivity index (χ3n) is 8.58. The van der Waals surface area contributed by atoms with Crippen molar-refractivity contribution >= 4 is 6.08 Å². The molecule has 130 valence electrons. The molecule has 8 atom stereocenters. The van der Waals surface area contributed by atoms with Gasteiger partial charge in [0.05, 0.1) is 0 Å². The van der Waals surface area contributed by atoms with Gasteiger partial charge in [-0.05, 0) is 64.9 Å². The van der Waals surface area contributed by atoms with Crippen molar-refractivity contribution in [2.45, 2.75) is 39.5 Å². The zero-order valence-electron chi connectivity index (χ0n) is 15.7. The summed E-state index contributed by atoms with van der Waals surface area (Å²) in [4.78, 5) is 0. The molecule has 0 heteroatoms. The van der Waals surface area contributed by atoms with Gasteiger partial charge in [-0.15, -0.1) is 0 Å². The normalized spacial score (nSPS) is 46.8. The third-order valence-corrected chi connectivity index (χ3v) is 8.58. The van der Waals surface area contributed by atoms with E-state index in [1.165, 1.54) is 18.4 Å². The first kappa shape index (κ1) is 15.7. The molecule has 0 bridgehead atoms. The highest BCUT2D eigenvalue weighted by Gasteiger charge is 2.61. The van der Waals surface area contributed by atoms with Crippen LogP contribution in [0.2, 0.25) is 0 Å². The Hall–Kier alpha value is -1.56. The number of rotatable bonds is 1. The van der Waals surface area contributed by atoms with Gasteiger partial charge in [0, 0.05) is 5.92 Å². The smallest absolute Gasteiger partial charge is 0.00894 e. The quantitative estimate of drug-likeness (QED) is 0.553. The lowest BCUT2D eigenvalue weighted by Crippen LogP contribution is -2.48. The highest BCUT2D eigenvalue weighted by Crippen LogP contribution is 2.69. The van der Waals surface area contributed by atoms with E-state index in [1.54, 1.807) is 5.56 Å². The first-order chi connectivity index (χ1) is 12.1. The molecule has 0 amide bonds. The summed E-state index contributed by atoms with van der Waals surface area (Å²) in [5.74, 6) is 5.35.